The van der Waals surface area contributed by atoms with Crippen molar-refractivity contribution in [1.82, 2.24) is 9.21 Å². The summed E-state index contributed by atoms with van der Waals surface area (Å²) >= 11 is 0. The van der Waals surface area contributed by atoms with Crippen LogP contribution in [0.25, 0.3) is 0 Å². The van der Waals surface area contributed by atoms with E-state index in [4.69, 9.17) is 5.73 Å². The quantitative estimate of drug-likeness (QED) is 0.835. The van der Waals surface area contributed by atoms with Crippen molar-refractivity contribution in [3.63, 3.8) is 0 Å². The molecule has 1 atom stereocenters. The summed E-state index contributed by atoms with van der Waals surface area (Å²) in [6, 6.07) is 4.00. The van der Waals surface area contributed by atoms with E-state index in [2.05, 4.69) is 4.90 Å². The van der Waals surface area contributed by atoms with Crippen LogP contribution in [0.1, 0.15) is 19.3 Å². The van der Waals surface area contributed by atoms with Gasteiger partial charge >= 0.3 is 0 Å². The van der Waals surface area contributed by atoms with E-state index in [1.807, 2.05) is 0 Å². The second-order valence-corrected chi connectivity index (χ2v) is 7.64. The summed E-state index contributed by atoms with van der Waals surface area (Å²) in [7, 11) is -3.78. The predicted molar refractivity (Wildman–Crippen MR) is 78.8 cm³/mol. The Balaban J connectivity index is 1.85. The summed E-state index contributed by atoms with van der Waals surface area (Å²) in [5, 5.41) is 0. The summed E-state index contributed by atoms with van der Waals surface area (Å²) in [5.74, 6) is -0.777. The first-order valence-electron chi connectivity index (χ1n) is 7.28. The van der Waals surface area contributed by atoms with E-state index in [9.17, 15) is 12.8 Å². The summed E-state index contributed by atoms with van der Waals surface area (Å²) in [6.45, 7) is 2.63. The van der Waals surface area contributed by atoms with Crippen LogP contribution in [-0.2, 0) is 10.0 Å². The van der Waals surface area contributed by atoms with Crippen molar-refractivity contribution in [2.45, 2.75) is 30.2 Å². The van der Waals surface area contributed by atoms with Crippen LogP contribution in [-0.4, -0.2) is 49.8 Å². The fourth-order valence-electron chi connectivity index (χ4n) is 3.21. The summed E-state index contributed by atoms with van der Waals surface area (Å²) < 4.78 is 40.6. The van der Waals surface area contributed by atoms with Crippen LogP contribution >= 0.6 is 0 Å². The molecule has 1 aromatic carbocycles. The summed E-state index contributed by atoms with van der Waals surface area (Å²) in [5.41, 5.74) is 5.71. The van der Waals surface area contributed by atoms with E-state index in [1.165, 1.54) is 22.9 Å². The van der Waals surface area contributed by atoms with Crippen molar-refractivity contribution in [3.05, 3.63) is 24.0 Å². The van der Waals surface area contributed by atoms with E-state index >= 15 is 0 Å². The standard InChI is InChI=1S/C14H20FN3O2S/c15-13-9-11(16)4-5-14(13)21(19,20)18-8-7-17-6-2-1-3-12(17)10-18/h4-5,9,12H,1-3,6-8,10,16H2. The molecule has 0 aliphatic carbocycles. The largest absolute Gasteiger partial charge is 0.399 e. The number of halogens is 1. The van der Waals surface area contributed by atoms with Gasteiger partial charge in [0.2, 0.25) is 10.0 Å². The van der Waals surface area contributed by atoms with Crippen molar-refractivity contribution in [1.29, 1.82) is 0 Å². The average Bonchev–Trinajstić information content (AvgIpc) is 2.46. The van der Waals surface area contributed by atoms with E-state index in [0.717, 1.165) is 32.0 Å². The van der Waals surface area contributed by atoms with Gasteiger partial charge in [-0.3, -0.25) is 4.90 Å². The first-order chi connectivity index (χ1) is 9.98. The molecule has 2 fully saturated rings. The highest BCUT2D eigenvalue weighted by atomic mass is 32.2. The van der Waals surface area contributed by atoms with E-state index in [-0.39, 0.29) is 16.6 Å². The molecule has 0 bridgehead atoms. The zero-order valence-corrected chi connectivity index (χ0v) is 12.7. The monoisotopic (exact) mass is 313 g/mol. The smallest absolute Gasteiger partial charge is 0.246 e. The zero-order valence-electron chi connectivity index (χ0n) is 11.8. The molecule has 0 saturated carbocycles. The topological polar surface area (TPSA) is 66.6 Å². The second kappa shape index (κ2) is 5.55. The molecule has 116 valence electrons. The van der Waals surface area contributed by atoms with Crippen molar-refractivity contribution < 1.29 is 12.8 Å². The van der Waals surface area contributed by atoms with Gasteiger partial charge in [-0.05, 0) is 37.6 Å². The molecule has 21 heavy (non-hydrogen) atoms. The minimum atomic E-state index is -3.78. The van der Waals surface area contributed by atoms with Gasteiger partial charge in [0.15, 0.2) is 0 Å². The number of nitrogen functional groups attached to an aromatic ring is 1. The molecule has 5 nitrogen and oxygen atoms in total. The lowest BCUT2D eigenvalue weighted by Crippen LogP contribution is -2.56. The van der Waals surface area contributed by atoms with Crippen molar-refractivity contribution in [3.8, 4) is 0 Å². The molecule has 0 amide bonds. The minimum Gasteiger partial charge on any atom is -0.399 e. The van der Waals surface area contributed by atoms with Gasteiger partial charge in [-0.2, -0.15) is 4.31 Å². The minimum absolute atomic E-state index is 0.226. The Morgan fingerprint density at radius 3 is 2.76 bits per heavy atom. The van der Waals surface area contributed by atoms with Crippen LogP contribution in [0.5, 0.6) is 0 Å². The van der Waals surface area contributed by atoms with Crippen molar-refractivity contribution >= 4 is 15.7 Å². The van der Waals surface area contributed by atoms with Crippen LogP contribution < -0.4 is 5.73 Å². The molecule has 7 heteroatoms. The lowest BCUT2D eigenvalue weighted by atomic mass is 10.0. The second-order valence-electron chi connectivity index (χ2n) is 5.74. The Morgan fingerprint density at radius 2 is 2.00 bits per heavy atom. The summed E-state index contributed by atoms with van der Waals surface area (Å²) in [4.78, 5) is 2.07. The van der Waals surface area contributed by atoms with Gasteiger partial charge in [-0.1, -0.05) is 6.42 Å². The van der Waals surface area contributed by atoms with Gasteiger partial charge in [-0.25, -0.2) is 12.8 Å². The predicted octanol–water partition coefficient (Wildman–Crippen LogP) is 1.27. The number of piperazine rings is 1. The number of nitrogens with zero attached hydrogens (tertiary/aromatic N) is 2. The van der Waals surface area contributed by atoms with Crippen LogP contribution in [0.15, 0.2) is 23.1 Å². The van der Waals surface area contributed by atoms with Gasteiger partial charge in [-0.15, -0.1) is 0 Å². The lowest BCUT2D eigenvalue weighted by Gasteiger charge is -2.43. The fraction of sp³-hybridized carbons (Fsp3) is 0.571. The molecule has 2 saturated heterocycles. The third-order valence-electron chi connectivity index (χ3n) is 4.37. The number of nitrogens with two attached hydrogens (primary N) is 1. The molecule has 0 spiro atoms. The molecule has 2 aliphatic rings. The fourth-order valence-corrected chi connectivity index (χ4v) is 4.73. The molecule has 3 rings (SSSR count). The highest BCUT2D eigenvalue weighted by molar-refractivity contribution is 7.89. The molecule has 2 aliphatic heterocycles. The third-order valence-corrected chi connectivity index (χ3v) is 6.27. The van der Waals surface area contributed by atoms with Crippen LogP contribution in [0.2, 0.25) is 0 Å². The molecular formula is C14H20FN3O2S. The van der Waals surface area contributed by atoms with Crippen LogP contribution in [0, 0.1) is 5.82 Å². The Bertz CT molecular complexity index is 635. The maximum Gasteiger partial charge on any atom is 0.246 e. The Morgan fingerprint density at radius 1 is 1.19 bits per heavy atom. The first kappa shape index (κ1) is 14.7. The number of piperidine rings is 1. The van der Waals surface area contributed by atoms with E-state index in [0.29, 0.717) is 13.1 Å². The van der Waals surface area contributed by atoms with E-state index in [1.54, 1.807) is 0 Å². The molecular weight excluding hydrogens is 293 g/mol. The van der Waals surface area contributed by atoms with Gasteiger partial charge in [0, 0.05) is 31.4 Å². The number of benzene rings is 1. The molecule has 1 aromatic rings. The normalized spacial score (nSPS) is 24.7. The SMILES string of the molecule is Nc1ccc(S(=O)(=O)N2CCN3CCCCC3C2)c(F)c1. The first-order valence-corrected chi connectivity index (χ1v) is 8.72. The lowest BCUT2D eigenvalue weighted by molar-refractivity contribution is 0.0851. The number of anilines is 1. The van der Waals surface area contributed by atoms with Crippen molar-refractivity contribution in [2.24, 2.45) is 0 Å². The number of sulfonamides is 1. The highest BCUT2D eigenvalue weighted by Crippen LogP contribution is 2.27. The van der Waals surface area contributed by atoms with E-state index < -0.39 is 15.8 Å². The number of hydrogen-bond acceptors (Lipinski definition) is 4. The average molecular weight is 313 g/mol. The molecule has 0 aromatic heterocycles. The highest BCUT2D eigenvalue weighted by Gasteiger charge is 2.36. The van der Waals surface area contributed by atoms with Gasteiger partial charge < -0.3 is 5.73 Å². The Hall–Kier alpha value is -1.18. The van der Waals surface area contributed by atoms with Crippen LogP contribution in [0.3, 0.4) is 0 Å². The summed E-state index contributed by atoms with van der Waals surface area (Å²) in [6.07, 6.45) is 3.32. The van der Waals surface area contributed by atoms with Gasteiger partial charge in [0.25, 0.3) is 0 Å². The Kier molecular flexibility index (Phi) is 3.90. The molecule has 2 heterocycles. The zero-order chi connectivity index (χ0) is 15.0. The Labute approximate surface area is 124 Å². The molecule has 2 N–H and O–H groups in total. The molecule has 0 radical (unpaired) electrons. The molecule has 1 unspecified atom stereocenters. The maximum absolute atomic E-state index is 13.9. The van der Waals surface area contributed by atoms with Gasteiger partial charge in [0.05, 0.1) is 0 Å². The number of fused-ring (bicyclic) bond motifs is 1. The maximum atomic E-state index is 13.9. The van der Waals surface area contributed by atoms with Crippen molar-refractivity contribution in [2.75, 3.05) is 31.9 Å². The number of rotatable bonds is 2. The third kappa shape index (κ3) is 2.77. The van der Waals surface area contributed by atoms with Crippen LogP contribution in [0.4, 0.5) is 10.1 Å². The number of hydrogen-bond donors (Lipinski definition) is 1. The van der Waals surface area contributed by atoms with Gasteiger partial charge in [0.1, 0.15) is 10.7 Å².